The van der Waals surface area contributed by atoms with Gasteiger partial charge in [-0.25, -0.2) is 13.8 Å². The summed E-state index contributed by atoms with van der Waals surface area (Å²) in [6.07, 6.45) is 1.76. The third-order valence-electron chi connectivity index (χ3n) is 5.04. The van der Waals surface area contributed by atoms with Crippen LogP contribution in [-0.2, 0) is 12.6 Å². The Morgan fingerprint density at radius 2 is 2.00 bits per heavy atom. The van der Waals surface area contributed by atoms with Crippen molar-refractivity contribution in [3.8, 4) is 0 Å². The van der Waals surface area contributed by atoms with Crippen molar-refractivity contribution in [3.63, 3.8) is 0 Å². The number of hydrogen-bond donors (Lipinski definition) is 2. The molecule has 0 spiro atoms. The van der Waals surface area contributed by atoms with Crippen LogP contribution in [0.3, 0.4) is 0 Å². The van der Waals surface area contributed by atoms with E-state index in [4.69, 9.17) is 23.2 Å². The van der Waals surface area contributed by atoms with E-state index in [0.717, 1.165) is 0 Å². The molecule has 2 heterocycles. The molecule has 2 aromatic carbocycles. The minimum Gasteiger partial charge on any atom is -0.374 e. The SMILES string of the molecule is Cl.Cn1cnc2c(F)cc(NC3(c4c(F)ccc(Cl)c4Cl)CCNC3)cc2c1=O. The van der Waals surface area contributed by atoms with Gasteiger partial charge >= 0.3 is 0 Å². The van der Waals surface area contributed by atoms with Gasteiger partial charge in [0.25, 0.3) is 5.56 Å². The Labute approximate surface area is 181 Å². The molecule has 0 bridgehead atoms. The quantitative estimate of drug-likeness (QED) is 0.573. The highest BCUT2D eigenvalue weighted by Gasteiger charge is 2.40. The number of aromatic nitrogens is 2. The summed E-state index contributed by atoms with van der Waals surface area (Å²) in [4.78, 5) is 16.4. The molecule has 10 heteroatoms. The van der Waals surface area contributed by atoms with Crippen LogP contribution in [-0.4, -0.2) is 22.6 Å². The second-order valence-corrected chi connectivity index (χ2v) is 7.65. The molecule has 3 aromatic rings. The Morgan fingerprint density at radius 1 is 1.24 bits per heavy atom. The normalized spacial score (nSPS) is 18.7. The van der Waals surface area contributed by atoms with Crippen molar-refractivity contribution in [2.24, 2.45) is 7.05 Å². The molecule has 0 amide bonds. The molecular formula is C19H17Cl3F2N4O. The molecule has 0 aliphatic carbocycles. The fourth-order valence-electron chi connectivity index (χ4n) is 3.67. The molecule has 0 saturated carbocycles. The highest BCUT2D eigenvalue weighted by molar-refractivity contribution is 6.42. The monoisotopic (exact) mass is 460 g/mol. The summed E-state index contributed by atoms with van der Waals surface area (Å²) in [6.45, 7) is 0.962. The minimum atomic E-state index is -0.945. The third-order valence-corrected chi connectivity index (χ3v) is 5.84. The Bertz CT molecular complexity index is 1150. The number of anilines is 1. The lowest BCUT2D eigenvalue weighted by molar-refractivity contribution is 0.495. The summed E-state index contributed by atoms with van der Waals surface area (Å²) in [5.74, 6) is -1.15. The van der Waals surface area contributed by atoms with Crippen LogP contribution in [0.15, 0.2) is 35.4 Å². The molecule has 1 atom stereocenters. The van der Waals surface area contributed by atoms with Gasteiger partial charge in [0, 0.05) is 24.8 Å². The van der Waals surface area contributed by atoms with E-state index < -0.39 is 17.2 Å². The first-order valence-electron chi connectivity index (χ1n) is 8.60. The van der Waals surface area contributed by atoms with Crippen LogP contribution in [0.25, 0.3) is 10.9 Å². The number of hydrogen-bond acceptors (Lipinski definition) is 4. The third kappa shape index (κ3) is 3.68. The standard InChI is InChI=1S/C19H16Cl2F2N4O.ClH/c1-27-9-25-17-11(18(27)28)6-10(7-14(17)23)26-19(4-5-24-8-19)15-13(22)3-2-12(20)16(15)21;/h2-3,6-7,9,24,26H,4-5,8H2,1H3;1H. The molecule has 1 fully saturated rings. The van der Waals surface area contributed by atoms with Gasteiger partial charge < -0.3 is 15.2 Å². The van der Waals surface area contributed by atoms with Crippen molar-refractivity contribution in [2.75, 3.05) is 18.4 Å². The zero-order valence-corrected chi connectivity index (χ0v) is 17.6. The van der Waals surface area contributed by atoms with E-state index in [1.807, 2.05) is 0 Å². The number of benzene rings is 2. The lowest BCUT2D eigenvalue weighted by Gasteiger charge is -2.33. The summed E-state index contributed by atoms with van der Waals surface area (Å²) in [5.41, 5.74) is -0.794. The van der Waals surface area contributed by atoms with E-state index in [-0.39, 0.29) is 44.5 Å². The van der Waals surface area contributed by atoms with Crippen molar-refractivity contribution in [2.45, 2.75) is 12.0 Å². The van der Waals surface area contributed by atoms with Gasteiger partial charge in [0.05, 0.1) is 27.3 Å². The predicted octanol–water partition coefficient (Wildman–Crippen LogP) is 4.24. The minimum absolute atomic E-state index is 0. The summed E-state index contributed by atoms with van der Waals surface area (Å²) < 4.78 is 30.6. The van der Waals surface area contributed by atoms with Crippen LogP contribution in [0.2, 0.25) is 10.0 Å². The summed E-state index contributed by atoms with van der Waals surface area (Å²) in [5, 5.41) is 6.84. The summed E-state index contributed by atoms with van der Waals surface area (Å²) in [6, 6.07) is 5.41. The van der Waals surface area contributed by atoms with Gasteiger partial charge in [0.2, 0.25) is 0 Å². The van der Waals surface area contributed by atoms with E-state index in [0.29, 0.717) is 25.2 Å². The Morgan fingerprint density at radius 3 is 2.69 bits per heavy atom. The van der Waals surface area contributed by atoms with E-state index in [1.54, 1.807) is 0 Å². The lowest BCUT2D eigenvalue weighted by atomic mass is 9.87. The molecule has 1 saturated heterocycles. The highest BCUT2D eigenvalue weighted by atomic mass is 35.5. The molecule has 4 rings (SSSR count). The Balaban J connectivity index is 0.00000240. The second kappa shape index (κ2) is 8.07. The van der Waals surface area contributed by atoms with Crippen LogP contribution in [0.1, 0.15) is 12.0 Å². The largest absolute Gasteiger partial charge is 0.374 e. The molecule has 1 unspecified atom stereocenters. The maximum Gasteiger partial charge on any atom is 0.261 e. The highest BCUT2D eigenvalue weighted by Crippen LogP contribution is 2.41. The molecule has 1 aliphatic heterocycles. The van der Waals surface area contributed by atoms with Crippen LogP contribution in [0.4, 0.5) is 14.5 Å². The van der Waals surface area contributed by atoms with Crippen LogP contribution < -0.4 is 16.2 Å². The summed E-state index contributed by atoms with van der Waals surface area (Å²) >= 11 is 12.4. The molecular weight excluding hydrogens is 445 g/mol. The van der Waals surface area contributed by atoms with Gasteiger partial charge in [-0.3, -0.25) is 4.79 Å². The predicted molar refractivity (Wildman–Crippen MR) is 113 cm³/mol. The number of nitrogens with zero attached hydrogens (tertiary/aromatic N) is 2. The zero-order valence-electron chi connectivity index (χ0n) is 15.2. The topological polar surface area (TPSA) is 59.0 Å². The van der Waals surface area contributed by atoms with Crippen molar-refractivity contribution in [1.82, 2.24) is 14.9 Å². The van der Waals surface area contributed by atoms with Crippen LogP contribution in [0, 0.1) is 11.6 Å². The smallest absolute Gasteiger partial charge is 0.261 e. The van der Waals surface area contributed by atoms with E-state index in [1.165, 1.54) is 42.2 Å². The van der Waals surface area contributed by atoms with Gasteiger partial charge in [-0.05, 0) is 37.2 Å². The molecule has 2 N–H and O–H groups in total. The van der Waals surface area contributed by atoms with Crippen molar-refractivity contribution in [1.29, 1.82) is 0 Å². The van der Waals surface area contributed by atoms with Gasteiger partial charge in [-0.1, -0.05) is 23.2 Å². The molecule has 0 radical (unpaired) electrons. The van der Waals surface area contributed by atoms with E-state index in [2.05, 4.69) is 15.6 Å². The fourth-order valence-corrected chi connectivity index (χ4v) is 4.16. The first-order valence-corrected chi connectivity index (χ1v) is 9.36. The van der Waals surface area contributed by atoms with Crippen LogP contribution >= 0.6 is 35.6 Å². The first-order chi connectivity index (χ1) is 13.3. The molecule has 1 aliphatic rings. The first kappa shape index (κ1) is 21.8. The molecule has 5 nitrogen and oxygen atoms in total. The molecule has 1 aromatic heterocycles. The van der Waals surface area contributed by atoms with Crippen molar-refractivity contribution >= 4 is 52.2 Å². The van der Waals surface area contributed by atoms with Gasteiger partial charge in [0.1, 0.15) is 11.3 Å². The summed E-state index contributed by atoms with van der Waals surface area (Å²) in [7, 11) is 1.54. The lowest BCUT2D eigenvalue weighted by Crippen LogP contribution is -2.39. The number of aryl methyl sites for hydroxylation is 1. The average Bonchev–Trinajstić information content (AvgIpc) is 3.11. The van der Waals surface area contributed by atoms with Gasteiger partial charge in [-0.2, -0.15) is 0 Å². The maximum atomic E-state index is 14.7. The van der Waals surface area contributed by atoms with Crippen molar-refractivity contribution < 1.29 is 8.78 Å². The number of fused-ring (bicyclic) bond motifs is 1. The van der Waals surface area contributed by atoms with E-state index >= 15 is 0 Å². The number of rotatable bonds is 3. The Kier molecular flexibility index (Phi) is 6.06. The van der Waals surface area contributed by atoms with Crippen LogP contribution in [0.5, 0.6) is 0 Å². The van der Waals surface area contributed by atoms with Gasteiger partial charge in [-0.15, -0.1) is 12.4 Å². The molecule has 29 heavy (non-hydrogen) atoms. The molecule has 154 valence electrons. The Hall–Kier alpha value is -1.93. The number of nitrogens with one attached hydrogen (secondary N) is 2. The van der Waals surface area contributed by atoms with E-state index in [9.17, 15) is 13.6 Å². The zero-order chi connectivity index (χ0) is 20.1. The van der Waals surface area contributed by atoms with Gasteiger partial charge in [0.15, 0.2) is 5.82 Å². The maximum absolute atomic E-state index is 14.7. The second-order valence-electron chi connectivity index (χ2n) is 6.87. The average molecular weight is 462 g/mol. The fraction of sp³-hybridized carbons (Fsp3) is 0.263. The number of halogens is 5. The van der Waals surface area contributed by atoms with Crippen molar-refractivity contribution in [3.05, 3.63) is 68.2 Å².